The highest BCUT2D eigenvalue weighted by molar-refractivity contribution is 14.0. The summed E-state index contributed by atoms with van der Waals surface area (Å²) in [6.07, 6.45) is 4.34. The van der Waals surface area contributed by atoms with Crippen LogP contribution in [0.2, 0.25) is 0 Å². The van der Waals surface area contributed by atoms with Gasteiger partial charge in [-0.25, -0.2) is 0 Å². The monoisotopic (exact) mass is 377 g/mol. The topological polar surface area (TPSA) is 49.6 Å². The molecule has 0 saturated heterocycles. The van der Waals surface area contributed by atoms with E-state index in [2.05, 4.69) is 29.5 Å². The predicted molar refractivity (Wildman–Crippen MR) is 88.8 cm³/mol. The molecule has 19 heavy (non-hydrogen) atoms. The molecule has 0 bridgehead atoms. The first-order valence-corrected chi connectivity index (χ1v) is 6.63. The minimum atomic E-state index is 0. The molecule has 0 aromatic carbocycles. The van der Waals surface area contributed by atoms with E-state index in [0.717, 1.165) is 24.2 Å². The number of hydrogen-bond acceptors (Lipinski definition) is 2. The fourth-order valence-electron chi connectivity index (χ4n) is 2.18. The van der Waals surface area contributed by atoms with Crippen molar-refractivity contribution >= 4 is 29.9 Å². The predicted octanol–water partition coefficient (Wildman–Crippen LogP) is 3.00. The zero-order chi connectivity index (χ0) is 13.0. The lowest BCUT2D eigenvalue weighted by Crippen LogP contribution is -2.40. The van der Waals surface area contributed by atoms with Crippen LogP contribution in [-0.2, 0) is 6.54 Å². The third-order valence-electron chi connectivity index (χ3n) is 3.96. The molecule has 1 aromatic heterocycles. The standard InChI is InChI=1S/C14H23N3O.HI/c1-11(2)14(6-7-14)10-17-13(15-3)16-9-12-5-4-8-18-12;/h4-5,8,11H,6-7,9-10H2,1-3H3,(H2,15,16,17);1H. The van der Waals surface area contributed by atoms with Crippen LogP contribution in [0.15, 0.2) is 27.8 Å². The summed E-state index contributed by atoms with van der Waals surface area (Å²) < 4.78 is 5.28. The number of aliphatic imine (C=N–C) groups is 1. The molecular formula is C14H24IN3O. The quantitative estimate of drug-likeness (QED) is 0.471. The van der Waals surface area contributed by atoms with Gasteiger partial charge in [0.2, 0.25) is 0 Å². The van der Waals surface area contributed by atoms with Gasteiger partial charge in [-0.2, -0.15) is 0 Å². The van der Waals surface area contributed by atoms with Crippen LogP contribution >= 0.6 is 24.0 Å². The molecule has 1 saturated carbocycles. The maximum atomic E-state index is 5.28. The molecule has 0 unspecified atom stereocenters. The number of guanidine groups is 1. The summed E-state index contributed by atoms with van der Waals surface area (Å²) in [7, 11) is 1.80. The van der Waals surface area contributed by atoms with E-state index in [1.807, 2.05) is 12.1 Å². The summed E-state index contributed by atoms with van der Waals surface area (Å²) in [5.74, 6) is 2.49. The highest BCUT2D eigenvalue weighted by atomic mass is 127. The molecule has 0 radical (unpaired) electrons. The van der Waals surface area contributed by atoms with Crippen molar-refractivity contribution in [3.8, 4) is 0 Å². The normalized spacial score (nSPS) is 16.9. The Balaban J connectivity index is 0.00000180. The molecule has 1 aliphatic carbocycles. The highest BCUT2D eigenvalue weighted by Crippen LogP contribution is 2.51. The molecule has 5 heteroatoms. The second-order valence-corrected chi connectivity index (χ2v) is 5.38. The molecule has 0 amide bonds. The van der Waals surface area contributed by atoms with Crippen LogP contribution in [-0.4, -0.2) is 19.6 Å². The summed E-state index contributed by atoms with van der Waals surface area (Å²) in [4.78, 5) is 4.23. The summed E-state index contributed by atoms with van der Waals surface area (Å²) in [6.45, 7) is 6.27. The zero-order valence-corrected chi connectivity index (χ0v) is 14.2. The van der Waals surface area contributed by atoms with Crippen LogP contribution in [0.3, 0.4) is 0 Å². The van der Waals surface area contributed by atoms with E-state index in [0.29, 0.717) is 12.0 Å². The molecule has 2 N–H and O–H groups in total. The van der Waals surface area contributed by atoms with Crippen LogP contribution in [0.5, 0.6) is 0 Å². The number of nitrogens with zero attached hydrogens (tertiary/aromatic N) is 1. The molecule has 108 valence electrons. The molecule has 1 heterocycles. The van der Waals surface area contributed by atoms with Gasteiger partial charge in [0.1, 0.15) is 5.76 Å². The maximum absolute atomic E-state index is 5.28. The van der Waals surface area contributed by atoms with Gasteiger partial charge in [0.15, 0.2) is 5.96 Å². The Labute approximate surface area is 132 Å². The number of hydrogen-bond donors (Lipinski definition) is 2. The lowest BCUT2D eigenvalue weighted by Gasteiger charge is -2.21. The average Bonchev–Trinajstić information content (AvgIpc) is 2.98. The Kier molecular flexibility index (Phi) is 6.16. The van der Waals surface area contributed by atoms with Crippen molar-refractivity contribution in [2.24, 2.45) is 16.3 Å². The lowest BCUT2D eigenvalue weighted by molar-refractivity contribution is 0.355. The molecule has 0 spiro atoms. The van der Waals surface area contributed by atoms with E-state index in [1.165, 1.54) is 12.8 Å². The van der Waals surface area contributed by atoms with E-state index in [-0.39, 0.29) is 24.0 Å². The van der Waals surface area contributed by atoms with E-state index in [1.54, 1.807) is 13.3 Å². The van der Waals surface area contributed by atoms with Crippen molar-refractivity contribution < 1.29 is 4.42 Å². The maximum Gasteiger partial charge on any atom is 0.191 e. The number of nitrogens with one attached hydrogen (secondary N) is 2. The molecule has 1 aromatic rings. The SMILES string of the molecule is CN=C(NCc1ccco1)NCC1(C(C)C)CC1.I. The van der Waals surface area contributed by atoms with Crippen molar-refractivity contribution in [2.45, 2.75) is 33.2 Å². The minimum absolute atomic E-state index is 0. The van der Waals surface area contributed by atoms with Crippen LogP contribution in [0.1, 0.15) is 32.4 Å². The zero-order valence-electron chi connectivity index (χ0n) is 11.9. The number of furan rings is 1. The Hall–Kier alpha value is -0.720. The molecule has 2 rings (SSSR count). The van der Waals surface area contributed by atoms with Gasteiger partial charge >= 0.3 is 0 Å². The highest BCUT2D eigenvalue weighted by Gasteiger charge is 2.45. The van der Waals surface area contributed by atoms with Crippen molar-refractivity contribution in [1.29, 1.82) is 0 Å². The summed E-state index contributed by atoms with van der Waals surface area (Å²) in [6, 6.07) is 3.85. The Morgan fingerprint density at radius 1 is 1.42 bits per heavy atom. The van der Waals surface area contributed by atoms with Gasteiger partial charge in [0, 0.05) is 13.6 Å². The van der Waals surface area contributed by atoms with Crippen LogP contribution in [0, 0.1) is 11.3 Å². The minimum Gasteiger partial charge on any atom is -0.467 e. The van der Waals surface area contributed by atoms with Gasteiger partial charge in [0.05, 0.1) is 12.8 Å². The van der Waals surface area contributed by atoms with Gasteiger partial charge in [-0.15, -0.1) is 24.0 Å². The number of rotatable bonds is 5. The van der Waals surface area contributed by atoms with Crippen molar-refractivity contribution in [1.82, 2.24) is 10.6 Å². The first-order valence-electron chi connectivity index (χ1n) is 6.63. The Morgan fingerprint density at radius 2 is 2.16 bits per heavy atom. The largest absolute Gasteiger partial charge is 0.467 e. The lowest BCUT2D eigenvalue weighted by atomic mass is 9.92. The molecule has 1 fully saturated rings. The smallest absolute Gasteiger partial charge is 0.191 e. The second-order valence-electron chi connectivity index (χ2n) is 5.38. The molecule has 0 aliphatic heterocycles. The van der Waals surface area contributed by atoms with Gasteiger partial charge in [-0.1, -0.05) is 13.8 Å². The van der Waals surface area contributed by atoms with Gasteiger partial charge in [-0.05, 0) is 36.3 Å². The van der Waals surface area contributed by atoms with Crippen molar-refractivity contribution in [2.75, 3.05) is 13.6 Å². The van der Waals surface area contributed by atoms with Crippen molar-refractivity contribution in [3.63, 3.8) is 0 Å². The van der Waals surface area contributed by atoms with Gasteiger partial charge in [0.25, 0.3) is 0 Å². The van der Waals surface area contributed by atoms with E-state index in [9.17, 15) is 0 Å². The van der Waals surface area contributed by atoms with Gasteiger partial charge in [-0.3, -0.25) is 4.99 Å². The Morgan fingerprint density at radius 3 is 2.63 bits per heavy atom. The van der Waals surface area contributed by atoms with Crippen LogP contribution in [0.25, 0.3) is 0 Å². The summed E-state index contributed by atoms with van der Waals surface area (Å²) >= 11 is 0. The summed E-state index contributed by atoms with van der Waals surface area (Å²) in [5.41, 5.74) is 0.488. The average molecular weight is 377 g/mol. The number of halogens is 1. The molecule has 1 aliphatic rings. The fraction of sp³-hybridized carbons (Fsp3) is 0.643. The first kappa shape index (κ1) is 16.3. The van der Waals surface area contributed by atoms with E-state index < -0.39 is 0 Å². The van der Waals surface area contributed by atoms with Crippen molar-refractivity contribution in [3.05, 3.63) is 24.2 Å². The molecule has 4 nitrogen and oxygen atoms in total. The first-order chi connectivity index (χ1) is 8.66. The summed E-state index contributed by atoms with van der Waals surface area (Å²) in [5, 5.41) is 6.67. The van der Waals surface area contributed by atoms with Crippen LogP contribution < -0.4 is 10.6 Å². The molecule has 0 atom stereocenters. The Bertz CT molecular complexity index is 397. The van der Waals surface area contributed by atoms with Crippen LogP contribution in [0.4, 0.5) is 0 Å². The second kappa shape index (κ2) is 7.17. The van der Waals surface area contributed by atoms with Gasteiger partial charge < -0.3 is 15.1 Å². The third-order valence-corrected chi connectivity index (χ3v) is 3.96. The van der Waals surface area contributed by atoms with E-state index >= 15 is 0 Å². The molecular weight excluding hydrogens is 353 g/mol. The fourth-order valence-corrected chi connectivity index (χ4v) is 2.18. The van der Waals surface area contributed by atoms with E-state index in [4.69, 9.17) is 4.42 Å². The third kappa shape index (κ3) is 4.40.